The first-order chi connectivity index (χ1) is 13.4. The zero-order chi connectivity index (χ0) is 20.1. The molecule has 1 saturated heterocycles. The van der Waals surface area contributed by atoms with E-state index in [-0.39, 0.29) is 17.2 Å². The average Bonchev–Trinajstić information content (AvgIpc) is 3.47. The monoisotopic (exact) mass is 404 g/mol. The summed E-state index contributed by atoms with van der Waals surface area (Å²) in [5.41, 5.74) is 1.43. The molecule has 2 fully saturated rings. The number of nitrogens with one attached hydrogen (secondary N) is 2. The molecule has 2 N–H and O–H groups in total. The molecular weight excluding hydrogens is 372 g/mol. The van der Waals surface area contributed by atoms with Gasteiger partial charge in [0.05, 0.1) is 6.54 Å². The summed E-state index contributed by atoms with van der Waals surface area (Å²) in [6.07, 6.45) is 4.24. The average molecular weight is 405 g/mol. The molecule has 0 unspecified atom stereocenters. The van der Waals surface area contributed by atoms with Crippen molar-refractivity contribution in [2.75, 3.05) is 26.2 Å². The van der Waals surface area contributed by atoms with Crippen molar-refractivity contribution in [2.45, 2.75) is 57.9 Å². The fraction of sp³-hybridized carbons (Fsp3) is 0.636. The number of piperidine rings is 1. The van der Waals surface area contributed by atoms with E-state index < -0.39 is 0 Å². The Morgan fingerprint density at radius 2 is 2.04 bits per heavy atom. The Hall–Kier alpha value is -1.75. The van der Waals surface area contributed by atoms with Crippen molar-refractivity contribution in [1.29, 1.82) is 0 Å². The largest absolute Gasteiger partial charge is 0.357 e. The van der Waals surface area contributed by atoms with Gasteiger partial charge in [0.1, 0.15) is 0 Å². The third-order valence-electron chi connectivity index (χ3n) is 5.82. The molecule has 6 heteroatoms. The Morgan fingerprint density at radius 3 is 2.61 bits per heavy atom. The Bertz CT molecular complexity index is 706. The van der Waals surface area contributed by atoms with E-state index in [9.17, 15) is 4.79 Å². The first-order valence-corrected chi connectivity index (χ1v) is 10.9. The van der Waals surface area contributed by atoms with Crippen LogP contribution < -0.4 is 10.6 Å². The number of aliphatic imine (C=N–C) groups is 1. The highest BCUT2D eigenvalue weighted by atomic mass is 35.5. The number of hydrogen-bond donors (Lipinski definition) is 2. The van der Waals surface area contributed by atoms with Crippen LogP contribution >= 0.6 is 11.6 Å². The Labute approximate surface area is 173 Å². The second-order valence-corrected chi connectivity index (χ2v) is 8.82. The Balaban J connectivity index is 1.57. The predicted molar refractivity (Wildman–Crippen MR) is 116 cm³/mol. The van der Waals surface area contributed by atoms with E-state index in [0.717, 1.165) is 62.8 Å². The summed E-state index contributed by atoms with van der Waals surface area (Å²) in [5.74, 6) is 1.21. The second-order valence-electron chi connectivity index (χ2n) is 8.38. The minimum absolute atomic E-state index is 0.0737. The number of guanidine groups is 1. The van der Waals surface area contributed by atoms with Crippen LogP contribution in [0.15, 0.2) is 29.3 Å². The van der Waals surface area contributed by atoms with Crippen LogP contribution in [0.3, 0.4) is 0 Å². The van der Waals surface area contributed by atoms with Crippen LogP contribution in [-0.2, 0) is 10.2 Å². The van der Waals surface area contributed by atoms with Crippen LogP contribution in [0.25, 0.3) is 0 Å². The molecule has 0 atom stereocenters. The molecule has 28 heavy (non-hydrogen) atoms. The minimum Gasteiger partial charge on any atom is -0.357 e. The fourth-order valence-electron chi connectivity index (χ4n) is 3.86. The van der Waals surface area contributed by atoms with Crippen molar-refractivity contribution in [3.05, 3.63) is 34.9 Å². The van der Waals surface area contributed by atoms with Gasteiger partial charge in [-0.2, -0.15) is 0 Å². The van der Waals surface area contributed by atoms with Gasteiger partial charge >= 0.3 is 0 Å². The number of likely N-dealkylation sites (tertiary alicyclic amines) is 1. The van der Waals surface area contributed by atoms with E-state index >= 15 is 0 Å². The topological polar surface area (TPSA) is 56.7 Å². The molecule has 3 rings (SSSR count). The lowest BCUT2D eigenvalue weighted by atomic mass is 9.96. The Kier molecular flexibility index (Phi) is 6.86. The van der Waals surface area contributed by atoms with Gasteiger partial charge in [0.15, 0.2) is 5.96 Å². The standard InChI is InChI=1S/C22H33ClN4O/c1-4-24-21(26-19-8-12-27(13-9-19)20(28)16(2)3)25-15-22(10-11-22)17-6-5-7-18(23)14-17/h5-7,14,16,19H,4,8-13,15H2,1-3H3,(H2,24,25,26). The smallest absolute Gasteiger partial charge is 0.225 e. The van der Waals surface area contributed by atoms with Gasteiger partial charge in [0.25, 0.3) is 0 Å². The summed E-state index contributed by atoms with van der Waals surface area (Å²) < 4.78 is 0. The predicted octanol–water partition coefficient (Wildman–Crippen LogP) is 3.57. The van der Waals surface area contributed by atoms with Crippen molar-refractivity contribution < 1.29 is 4.79 Å². The Morgan fingerprint density at radius 1 is 1.32 bits per heavy atom. The van der Waals surface area contributed by atoms with Crippen molar-refractivity contribution in [3.63, 3.8) is 0 Å². The van der Waals surface area contributed by atoms with E-state index in [4.69, 9.17) is 16.6 Å². The summed E-state index contributed by atoms with van der Waals surface area (Å²) >= 11 is 6.18. The lowest BCUT2D eigenvalue weighted by Gasteiger charge is -2.34. The number of halogens is 1. The van der Waals surface area contributed by atoms with Crippen LogP contribution in [0, 0.1) is 5.92 Å². The van der Waals surface area contributed by atoms with Crippen molar-refractivity contribution >= 4 is 23.5 Å². The zero-order valence-electron chi connectivity index (χ0n) is 17.3. The maximum Gasteiger partial charge on any atom is 0.225 e. The lowest BCUT2D eigenvalue weighted by molar-refractivity contribution is -0.135. The molecule has 0 spiro atoms. The summed E-state index contributed by atoms with van der Waals surface area (Å²) in [4.78, 5) is 19.1. The number of carbonyl (C=O) groups is 1. The molecule has 1 aromatic rings. The molecule has 0 bridgehead atoms. The maximum atomic E-state index is 12.2. The third-order valence-corrected chi connectivity index (χ3v) is 6.05. The van der Waals surface area contributed by atoms with E-state index in [2.05, 4.69) is 29.7 Å². The van der Waals surface area contributed by atoms with Gasteiger partial charge in [0.2, 0.25) is 5.91 Å². The van der Waals surface area contributed by atoms with Crippen molar-refractivity contribution in [3.8, 4) is 0 Å². The summed E-state index contributed by atoms with van der Waals surface area (Å²) in [7, 11) is 0. The number of amides is 1. The van der Waals surface area contributed by atoms with Gasteiger partial charge < -0.3 is 15.5 Å². The van der Waals surface area contributed by atoms with E-state index in [1.54, 1.807) is 0 Å². The first-order valence-electron chi connectivity index (χ1n) is 10.5. The third kappa shape index (κ3) is 5.19. The molecule has 1 heterocycles. The highest BCUT2D eigenvalue weighted by Crippen LogP contribution is 2.48. The maximum absolute atomic E-state index is 12.2. The quantitative estimate of drug-likeness (QED) is 0.562. The highest BCUT2D eigenvalue weighted by molar-refractivity contribution is 6.30. The van der Waals surface area contributed by atoms with E-state index in [1.807, 2.05) is 30.9 Å². The van der Waals surface area contributed by atoms with Crippen LogP contribution in [0.5, 0.6) is 0 Å². The molecule has 1 aromatic carbocycles. The summed E-state index contributed by atoms with van der Waals surface area (Å²) in [6, 6.07) is 8.54. The number of hydrogen-bond acceptors (Lipinski definition) is 2. The van der Waals surface area contributed by atoms with Gasteiger partial charge in [-0.3, -0.25) is 9.79 Å². The highest BCUT2D eigenvalue weighted by Gasteiger charge is 2.44. The van der Waals surface area contributed by atoms with Crippen molar-refractivity contribution in [2.24, 2.45) is 10.9 Å². The van der Waals surface area contributed by atoms with Crippen LogP contribution in [-0.4, -0.2) is 49.0 Å². The molecule has 0 aromatic heterocycles. The number of carbonyl (C=O) groups excluding carboxylic acids is 1. The molecule has 0 radical (unpaired) electrons. The van der Waals surface area contributed by atoms with Gasteiger partial charge in [-0.15, -0.1) is 0 Å². The molecule has 1 aliphatic carbocycles. The van der Waals surface area contributed by atoms with Crippen LogP contribution in [0.2, 0.25) is 5.02 Å². The van der Waals surface area contributed by atoms with E-state index in [1.165, 1.54) is 5.56 Å². The molecule has 1 saturated carbocycles. The zero-order valence-corrected chi connectivity index (χ0v) is 18.1. The first kappa shape index (κ1) is 21.0. The summed E-state index contributed by atoms with van der Waals surface area (Å²) in [6.45, 7) is 9.27. The van der Waals surface area contributed by atoms with E-state index in [0.29, 0.717) is 6.04 Å². The minimum atomic E-state index is 0.0737. The summed E-state index contributed by atoms with van der Waals surface area (Å²) in [5, 5.41) is 7.75. The molecule has 5 nitrogen and oxygen atoms in total. The van der Waals surface area contributed by atoms with Gasteiger partial charge in [0, 0.05) is 42.0 Å². The number of nitrogens with zero attached hydrogens (tertiary/aromatic N) is 2. The molecule has 154 valence electrons. The number of rotatable bonds is 6. The number of benzene rings is 1. The van der Waals surface area contributed by atoms with Crippen LogP contribution in [0.1, 0.15) is 52.0 Å². The van der Waals surface area contributed by atoms with Gasteiger partial charge in [-0.05, 0) is 50.3 Å². The SMILES string of the molecule is CCNC(=NCC1(c2cccc(Cl)c2)CC1)NC1CCN(C(=O)C(C)C)CC1. The fourth-order valence-corrected chi connectivity index (χ4v) is 4.05. The molecule has 2 aliphatic rings. The van der Waals surface area contributed by atoms with Gasteiger partial charge in [-0.1, -0.05) is 37.6 Å². The molecule has 1 aliphatic heterocycles. The van der Waals surface area contributed by atoms with Gasteiger partial charge in [-0.25, -0.2) is 0 Å². The normalized spacial score (nSPS) is 19.6. The molecular formula is C22H33ClN4O. The van der Waals surface area contributed by atoms with Crippen molar-refractivity contribution in [1.82, 2.24) is 15.5 Å². The second kappa shape index (κ2) is 9.17. The molecule has 1 amide bonds. The lowest BCUT2D eigenvalue weighted by Crippen LogP contribution is -2.50. The van der Waals surface area contributed by atoms with Crippen LogP contribution in [0.4, 0.5) is 0 Å².